The fraction of sp³-hybridized carbons (Fsp3) is 0.333. The van der Waals surface area contributed by atoms with Gasteiger partial charge >= 0.3 is 6.18 Å². The van der Waals surface area contributed by atoms with Crippen molar-refractivity contribution in [3.8, 4) is 11.4 Å². The summed E-state index contributed by atoms with van der Waals surface area (Å²) in [5.74, 6) is -1.53. The SMILES string of the molecule is CC(C)[C@@H](Nc1cnnc(-c2c[nH]c3ncc(C(N)=O)cc23)n1)C(=O)NCC(F)(F)F. The van der Waals surface area contributed by atoms with Crippen LogP contribution in [0, 0.1) is 5.92 Å². The predicted octanol–water partition coefficient (Wildman–Crippen LogP) is 1.63. The van der Waals surface area contributed by atoms with E-state index in [0.29, 0.717) is 16.6 Å². The zero-order valence-corrected chi connectivity index (χ0v) is 16.5. The average molecular weight is 436 g/mol. The van der Waals surface area contributed by atoms with E-state index < -0.39 is 30.6 Å². The Balaban J connectivity index is 1.87. The largest absolute Gasteiger partial charge is 0.405 e. The molecule has 0 aliphatic rings. The van der Waals surface area contributed by atoms with Crippen molar-refractivity contribution >= 4 is 28.7 Å². The minimum atomic E-state index is -4.52. The number of aromatic nitrogens is 5. The highest BCUT2D eigenvalue weighted by Gasteiger charge is 2.30. The number of hydrogen-bond donors (Lipinski definition) is 4. The number of rotatable bonds is 7. The maximum Gasteiger partial charge on any atom is 0.405 e. The lowest BCUT2D eigenvalue weighted by Crippen LogP contribution is -2.46. The van der Waals surface area contributed by atoms with Gasteiger partial charge in [-0.15, -0.1) is 5.10 Å². The summed E-state index contributed by atoms with van der Waals surface area (Å²) in [7, 11) is 0. The van der Waals surface area contributed by atoms with Gasteiger partial charge in [0.1, 0.15) is 24.1 Å². The molecule has 0 bridgehead atoms. The lowest BCUT2D eigenvalue weighted by molar-refractivity contribution is -0.139. The molecule has 3 rings (SSSR count). The highest BCUT2D eigenvalue weighted by molar-refractivity contribution is 5.99. The third kappa shape index (κ3) is 5.24. The molecule has 164 valence electrons. The monoisotopic (exact) mass is 436 g/mol. The number of primary amides is 1. The van der Waals surface area contributed by atoms with Crippen molar-refractivity contribution in [3.05, 3.63) is 30.2 Å². The number of hydrogen-bond acceptors (Lipinski definition) is 7. The number of nitrogens with one attached hydrogen (secondary N) is 3. The summed E-state index contributed by atoms with van der Waals surface area (Å²) in [4.78, 5) is 35.0. The first kappa shape index (κ1) is 21.9. The molecular formula is C18H19F3N8O2. The minimum Gasteiger partial charge on any atom is -0.366 e. The number of nitrogens with zero attached hydrogens (tertiary/aromatic N) is 4. The Morgan fingerprint density at radius 1 is 1.26 bits per heavy atom. The second-order valence-corrected chi connectivity index (χ2v) is 7.05. The van der Waals surface area contributed by atoms with Gasteiger partial charge in [0.05, 0.1) is 11.8 Å². The summed E-state index contributed by atoms with van der Waals surface area (Å²) in [6.45, 7) is 1.92. The van der Waals surface area contributed by atoms with Gasteiger partial charge in [-0.05, 0) is 12.0 Å². The Morgan fingerprint density at radius 2 is 2.00 bits per heavy atom. The Bertz CT molecular complexity index is 1110. The van der Waals surface area contributed by atoms with Crippen LogP contribution in [0.3, 0.4) is 0 Å². The highest BCUT2D eigenvalue weighted by Crippen LogP contribution is 2.26. The van der Waals surface area contributed by atoms with Crippen LogP contribution in [-0.4, -0.2) is 55.7 Å². The second-order valence-electron chi connectivity index (χ2n) is 7.05. The van der Waals surface area contributed by atoms with Crippen LogP contribution in [0.4, 0.5) is 19.0 Å². The number of carbonyl (C=O) groups excluding carboxylic acids is 2. The molecule has 3 aromatic rings. The first-order valence-corrected chi connectivity index (χ1v) is 9.13. The van der Waals surface area contributed by atoms with Gasteiger partial charge in [-0.2, -0.15) is 18.3 Å². The van der Waals surface area contributed by atoms with Gasteiger partial charge in [0.25, 0.3) is 0 Å². The number of halogens is 3. The van der Waals surface area contributed by atoms with Crippen LogP contribution < -0.4 is 16.4 Å². The molecule has 0 fully saturated rings. The zero-order valence-electron chi connectivity index (χ0n) is 16.5. The number of aromatic amines is 1. The molecule has 10 nitrogen and oxygen atoms in total. The molecule has 0 radical (unpaired) electrons. The predicted molar refractivity (Wildman–Crippen MR) is 105 cm³/mol. The standard InChI is InChI=1S/C18H19F3N8O2/c1-8(2)13(17(31)25-7-18(19,20)21)27-12-6-26-29-16(28-12)11-5-24-15-10(11)3-9(4-23-15)14(22)30/h3-6,8,13H,7H2,1-2H3,(H2,22,30)(H,23,24)(H,25,31)(H,27,28,29)/t13-/m1/s1. The molecule has 0 unspecified atom stereocenters. The van der Waals surface area contributed by atoms with Crippen LogP contribution in [-0.2, 0) is 4.79 Å². The Kier molecular flexibility index (Phi) is 6.04. The molecule has 5 N–H and O–H groups in total. The van der Waals surface area contributed by atoms with E-state index in [-0.39, 0.29) is 23.1 Å². The van der Waals surface area contributed by atoms with E-state index in [1.165, 1.54) is 18.5 Å². The van der Waals surface area contributed by atoms with Crippen molar-refractivity contribution in [2.24, 2.45) is 11.7 Å². The number of alkyl halides is 3. The van der Waals surface area contributed by atoms with Gasteiger partial charge in [-0.25, -0.2) is 9.97 Å². The summed E-state index contributed by atoms with van der Waals surface area (Å²) in [5, 5.41) is 13.0. The van der Waals surface area contributed by atoms with Gasteiger partial charge < -0.3 is 21.4 Å². The quantitative estimate of drug-likeness (QED) is 0.439. The molecule has 1 atom stereocenters. The van der Waals surface area contributed by atoms with Crippen LogP contribution in [0.2, 0.25) is 0 Å². The molecule has 13 heteroatoms. The fourth-order valence-electron chi connectivity index (χ4n) is 2.80. The molecule has 0 saturated carbocycles. The molecule has 3 heterocycles. The topological polar surface area (TPSA) is 152 Å². The summed E-state index contributed by atoms with van der Waals surface area (Å²) >= 11 is 0. The average Bonchev–Trinajstić information content (AvgIpc) is 3.13. The van der Waals surface area contributed by atoms with Crippen molar-refractivity contribution in [2.75, 3.05) is 11.9 Å². The third-order valence-corrected chi connectivity index (χ3v) is 4.33. The Labute approximate surface area is 173 Å². The van der Waals surface area contributed by atoms with E-state index in [1.807, 2.05) is 5.32 Å². The summed E-state index contributed by atoms with van der Waals surface area (Å²) in [5.41, 5.74) is 6.43. The van der Waals surface area contributed by atoms with Gasteiger partial charge in [-0.3, -0.25) is 9.59 Å². The van der Waals surface area contributed by atoms with Crippen LogP contribution in [0.25, 0.3) is 22.4 Å². The number of carbonyl (C=O) groups is 2. The molecule has 31 heavy (non-hydrogen) atoms. The molecule has 0 aliphatic heterocycles. The molecular weight excluding hydrogens is 417 g/mol. The van der Waals surface area contributed by atoms with Crippen LogP contribution in [0.5, 0.6) is 0 Å². The zero-order chi connectivity index (χ0) is 22.8. The van der Waals surface area contributed by atoms with Crippen LogP contribution in [0.1, 0.15) is 24.2 Å². The van der Waals surface area contributed by atoms with Crippen molar-refractivity contribution < 1.29 is 22.8 Å². The van der Waals surface area contributed by atoms with E-state index in [9.17, 15) is 22.8 Å². The van der Waals surface area contributed by atoms with Gasteiger partial charge in [0.15, 0.2) is 5.82 Å². The van der Waals surface area contributed by atoms with E-state index in [4.69, 9.17) is 5.73 Å². The van der Waals surface area contributed by atoms with E-state index in [2.05, 4.69) is 30.5 Å². The van der Waals surface area contributed by atoms with Gasteiger partial charge in [0, 0.05) is 23.3 Å². The summed E-state index contributed by atoms with van der Waals surface area (Å²) in [6, 6.07) is 0.541. The smallest absolute Gasteiger partial charge is 0.366 e. The molecule has 3 aromatic heterocycles. The second kappa shape index (κ2) is 8.53. The van der Waals surface area contributed by atoms with E-state index in [1.54, 1.807) is 20.0 Å². The number of amides is 2. The maximum atomic E-state index is 12.4. The first-order valence-electron chi connectivity index (χ1n) is 9.13. The molecule has 0 spiro atoms. The molecule has 2 amide bonds. The van der Waals surface area contributed by atoms with E-state index >= 15 is 0 Å². The summed E-state index contributed by atoms with van der Waals surface area (Å²) < 4.78 is 37.3. The highest BCUT2D eigenvalue weighted by atomic mass is 19.4. The Hall–Kier alpha value is -3.77. The molecule has 0 saturated heterocycles. The van der Waals surface area contributed by atoms with Crippen molar-refractivity contribution in [1.29, 1.82) is 0 Å². The summed E-state index contributed by atoms with van der Waals surface area (Å²) in [6.07, 6.45) is -0.375. The van der Waals surface area contributed by atoms with Crippen LogP contribution in [0.15, 0.2) is 24.7 Å². The number of H-pyrrole nitrogens is 1. The molecule has 0 aromatic carbocycles. The number of fused-ring (bicyclic) bond motifs is 1. The van der Waals surface area contributed by atoms with Crippen molar-refractivity contribution in [2.45, 2.75) is 26.1 Å². The number of anilines is 1. The van der Waals surface area contributed by atoms with Gasteiger partial charge in [-0.1, -0.05) is 13.8 Å². The lowest BCUT2D eigenvalue weighted by Gasteiger charge is -2.22. The Morgan fingerprint density at radius 3 is 2.65 bits per heavy atom. The maximum absolute atomic E-state index is 12.4. The lowest BCUT2D eigenvalue weighted by atomic mass is 10.0. The van der Waals surface area contributed by atoms with Crippen molar-refractivity contribution in [1.82, 2.24) is 30.5 Å². The molecule has 0 aliphatic carbocycles. The van der Waals surface area contributed by atoms with Gasteiger partial charge in [0.2, 0.25) is 11.8 Å². The third-order valence-electron chi connectivity index (χ3n) is 4.33. The first-order chi connectivity index (χ1) is 14.5. The van der Waals surface area contributed by atoms with Crippen LogP contribution >= 0.6 is 0 Å². The number of nitrogens with two attached hydrogens (primary N) is 1. The van der Waals surface area contributed by atoms with E-state index in [0.717, 1.165) is 0 Å². The minimum absolute atomic E-state index is 0.138. The number of pyridine rings is 1. The van der Waals surface area contributed by atoms with Crippen molar-refractivity contribution in [3.63, 3.8) is 0 Å². The fourth-order valence-corrected chi connectivity index (χ4v) is 2.80. The normalized spacial score (nSPS) is 12.7.